The van der Waals surface area contributed by atoms with Crippen LogP contribution in [0.5, 0.6) is 0 Å². The normalized spacial score (nSPS) is 14.2. The maximum atomic E-state index is 4.98. The Morgan fingerprint density at radius 3 is 2.49 bits per heavy atom. The lowest BCUT2D eigenvalue weighted by molar-refractivity contribution is 0.699. The van der Waals surface area contributed by atoms with Crippen molar-refractivity contribution in [2.75, 3.05) is 0 Å². The Morgan fingerprint density at radius 1 is 1.08 bits per heavy atom. The highest BCUT2D eigenvalue weighted by atomic mass is 32.1. The number of nitrogens with zero attached hydrogens (tertiary/aromatic N) is 1. The van der Waals surface area contributed by atoms with Gasteiger partial charge in [-0.3, -0.25) is 0 Å². The molecule has 4 aromatic rings. The average molecular weight is 510 g/mol. The maximum Gasteiger partial charge on any atom is 0.109 e. The standard InChI is InChI=1S/C33H39N3S/c1-8-21(7)30(19(3)4)34-27(9-2)22-10-12-23(13-11-22)29-18-24-14-15-25-26(32(24)37-29)16-17-28-31(25)36-33(35-28)20(5)6/h9-15,18-20,34H,8,16-17H2,1-7H3,(H,35,36)/b27-9-,30-21+. The first-order valence-electron chi connectivity index (χ1n) is 13.7. The van der Waals surface area contributed by atoms with Crippen LogP contribution in [0.3, 0.4) is 0 Å². The number of aromatic nitrogens is 2. The summed E-state index contributed by atoms with van der Waals surface area (Å²) in [5, 5.41) is 5.07. The fourth-order valence-electron chi connectivity index (χ4n) is 5.33. The van der Waals surface area contributed by atoms with Crippen LogP contribution >= 0.6 is 11.3 Å². The predicted octanol–water partition coefficient (Wildman–Crippen LogP) is 9.47. The highest BCUT2D eigenvalue weighted by Crippen LogP contribution is 2.42. The molecule has 0 atom stereocenters. The van der Waals surface area contributed by atoms with E-state index in [1.54, 1.807) is 0 Å². The second kappa shape index (κ2) is 10.3. The van der Waals surface area contributed by atoms with Crippen LogP contribution < -0.4 is 5.32 Å². The summed E-state index contributed by atoms with van der Waals surface area (Å²) in [6.07, 6.45) is 5.34. The van der Waals surface area contributed by atoms with Crippen molar-refractivity contribution in [3.8, 4) is 21.7 Å². The molecule has 0 amide bonds. The molecule has 1 aliphatic rings. The second-order valence-corrected chi connectivity index (χ2v) is 11.9. The fraction of sp³-hybridized carbons (Fsp3) is 0.364. The number of thiophene rings is 1. The molecule has 0 spiro atoms. The SMILES string of the molecule is C/C=C(\N/C(=C(\C)CC)C(C)C)c1ccc(-c2cc3ccc4c(c3s2)CCc2[nH]c(C(C)C)nc2-4)cc1. The van der Waals surface area contributed by atoms with E-state index in [0.29, 0.717) is 11.8 Å². The number of aromatic amines is 1. The van der Waals surface area contributed by atoms with Crippen molar-refractivity contribution in [2.24, 2.45) is 5.92 Å². The number of rotatable bonds is 7. The summed E-state index contributed by atoms with van der Waals surface area (Å²) in [6.45, 7) is 15.5. The Morgan fingerprint density at radius 2 is 1.84 bits per heavy atom. The van der Waals surface area contributed by atoms with Crippen molar-refractivity contribution in [2.45, 2.75) is 73.6 Å². The molecule has 1 aliphatic carbocycles. The van der Waals surface area contributed by atoms with Gasteiger partial charge in [-0.15, -0.1) is 11.3 Å². The molecule has 0 bridgehead atoms. The molecule has 2 aromatic heterocycles. The number of H-pyrrole nitrogens is 1. The van der Waals surface area contributed by atoms with E-state index < -0.39 is 0 Å². The lowest BCUT2D eigenvalue weighted by Crippen LogP contribution is -2.18. The number of benzene rings is 2. The summed E-state index contributed by atoms with van der Waals surface area (Å²) in [4.78, 5) is 9.88. The van der Waals surface area contributed by atoms with Gasteiger partial charge >= 0.3 is 0 Å². The largest absolute Gasteiger partial charge is 0.359 e. The quantitative estimate of drug-likeness (QED) is 0.260. The molecule has 0 saturated carbocycles. The Bertz CT molecular complexity index is 1490. The van der Waals surface area contributed by atoms with Crippen LogP contribution in [0.15, 0.2) is 59.8 Å². The van der Waals surface area contributed by atoms with Crippen LogP contribution in [0.4, 0.5) is 0 Å². The van der Waals surface area contributed by atoms with Crippen LogP contribution in [0.2, 0.25) is 0 Å². The van der Waals surface area contributed by atoms with Crippen molar-refractivity contribution in [3.63, 3.8) is 0 Å². The van der Waals surface area contributed by atoms with Gasteiger partial charge in [0, 0.05) is 38.1 Å². The van der Waals surface area contributed by atoms with E-state index in [0.717, 1.165) is 30.8 Å². The third-order valence-electron chi connectivity index (χ3n) is 7.62. The number of hydrogen-bond acceptors (Lipinski definition) is 3. The van der Waals surface area contributed by atoms with Crippen molar-refractivity contribution in [3.05, 3.63) is 82.5 Å². The summed E-state index contributed by atoms with van der Waals surface area (Å²) < 4.78 is 1.41. The molecule has 2 aromatic carbocycles. The molecule has 3 nitrogen and oxygen atoms in total. The molecule has 37 heavy (non-hydrogen) atoms. The van der Waals surface area contributed by atoms with E-state index in [2.05, 4.69) is 107 Å². The van der Waals surface area contributed by atoms with Gasteiger partial charge in [0.2, 0.25) is 0 Å². The molecule has 192 valence electrons. The van der Waals surface area contributed by atoms with Gasteiger partial charge in [-0.1, -0.05) is 82.7 Å². The van der Waals surface area contributed by atoms with Crippen LogP contribution in [0.25, 0.3) is 37.5 Å². The number of hydrogen-bond donors (Lipinski definition) is 2. The highest BCUT2D eigenvalue weighted by Gasteiger charge is 2.24. The zero-order chi connectivity index (χ0) is 26.3. The molecular weight excluding hydrogens is 470 g/mol. The molecule has 0 saturated heterocycles. The zero-order valence-corrected chi connectivity index (χ0v) is 24.1. The van der Waals surface area contributed by atoms with Gasteiger partial charge in [0.15, 0.2) is 0 Å². The third kappa shape index (κ3) is 4.80. The van der Waals surface area contributed by atoms with Gasteiger partial charge in [0.1, 0.15) is 5.82 Å². The lowest BCUT2D eigenvalue weighted by atomic mass is 9.91. The summed E-state index contributed by atoms with van der Waals surface area (Å²) in [5.74, 6) is 1.98. The molecule has 4 heteroatoms. The minimum atomic E-state index is 0.413. The summed E-state index contributed by atoms with van der Waals surface area (Å²) in [6, 6.07) is 15.9. The minimum Gasteiger partial charge on any atom is -0.359 e. The number of allylic oxidation sites excluding steroid dienone is 3. The first kappa shape index (κ1) is 25.5. The highest BCUT2D eigenvalue weighted by molar-refractivity contribution is 7.22. The van der Waals surface area contributed by atoms with Gasteiger partial charge in [0.25, 0.3) is 0 Å². The van der Waals surface area contributed by atoms with E-state index >= 15 is 0 Å². The summed E-state index contributed by atoms with van der Waals surface area (Å²) >= 11 is 1.92. The van der Waals surface area contributed by atoms with Gasteiger partial charge in [0.05, 0.1) is 5.69 Å². The maximum absolute atomic E-state index is 4.98. The Labute approximate surface area is 225 Å². The molecule has 2 heterocycles. The van der Waals surface area contributed by atoms with Crippen LogP contribution in [0.1, 0.15) is 83.5 Å². The monoisotopic (exact) mass is 509 g/mol. The molecular formula is C33H39N3S. The van der Waals surface area contributed by atoms with Crippen LogP contribution in [0, 0.1) is 5.92 Å². The van der Waals surface area contributed by atoms with Gasteiger partial charge in [-0.25, -0.2) is 4.98 Å². The molecule has 0 aliphatic heterocycles. The number of imidazole rings is 1. The van der Waals surface area contributed by atoms with E-state index in [1.165, 1.54) is 59.9 Å². The van der Waals surface area contributed by atoms with E-state index in [9.17, 15) is 0 Å². The fourth-order valence-corrected chi connectivity index (χ4v) is 6.57. The zero-order valence-electron chi connectivity index (χ0n) is 23.3. The average Bonchev–Trinajstić information content (AvgIpc) is 3.54. The lowest BCUT2D eigenvalue weighted by Gasteiger charge is -2.20. The van der Waals surface area contributed by atoms with Crippen molar-refractivity contribution >= 4 is 27.1 Å². The Hall–Kier alpha value is -3.11. The van der Waals surface area contributed by atoms with Gasteiger partial charge in [-0.2, -0.15) is 0 Å². The molecule has 0 fully saturated rings. The van der Waals surface area contributed by atoms with Crippen molar-refractivity contribution in [1.29, 1.82) is 0 Å². The predicted molar refractivity (Wildman–Crippen MR) is 161 cm³/mol. The first-order valence-corrected chi connectivity index (χ1v) is 14.5. The molecule has 5 rings (SSSR count). The summed E-state index contributed by atoms with van der Waals surface area (Å²) in [7, 11) is 0. The summed E-state index contributed by atoms with van der Waals surface area (Å²) in [5.41, 5.74) is 11.6. The Kier molecular flexibility index (Phi) is 7.13. The molecule has 0 radical (unpaired) electrons. The van der Waals surface area contributed by atoms with E-state index in [4.69, 9.17) is 4.98 Å². The van der Waals surface area contributed by atoms with Crippen LogP contribution in [-0.2, 0) is 12.8 Å². The topological polar surface area (TPSA) is 40.7 Å². The van der Waals surface area contributed by atoms with Crippen molar-refractivity contribution in [1.82, 2.24) is 15.3 Å². The second-order valence-electron chi connectivity index (χ2n) is 10.8. The van der Waals surface area contributed by atoms with Gasteiger partial charge < -0.3 is 10.3 Å². The van der Waals surface area contributed by atoms with Crippen LogP contribution in [-0.4, -0.2) is 9.97 Å². The molecule has 0 unspecified atom stereocenters. The Balaban J connectivity index is 1.45. The van der Waals surface area contributed by atoms with E-state index in [1.807, 2.05) is 11.3 Å². The minimum absolute atomic E-state index is 0.413. The van der Waals surface area contributed by atoms with E-state index in [-0.39, 0.29) is 0 Å². The first-order chi connectivity index (χ1) is 17.8. The smallest absolute Gasteiger partial charge is 0.109 e. The number of nitrogens with one attached hydrogen (secondary N) is 2. The molecule has 2 N–H and O–H groups in total. The number of fused-ring (bicyclic) bond motifs is 5. The number of aryl methyl sites for hydroxylation is 2. The van der Waals surface area contributed by atoms with Crippen molar-refractivity contribution < 1.29 is 0 Å². The third-order valence-corrected chi connectivity index (χ3v) is 8.88. The van der Waals surface area contributed by atoms with Gasteiger partial charge in [-0.05, 0) is 67.2 Å².